The van der Waals surface area contributed by atoms with E-state index in [9.17, 15) is 4.39 Å². The van der Waals surface area contributed by atoms with Gasteiger partial charge in [0.2, 0.25) is 0 Å². The third-order valence-corrected chi connectivity index (χ3v) is 4.03. The summed E-state index contributed by atoms with van der Waals surface area (Å²) in [5.74, 6) is 1.66. The summed E-state index contributed by atoms with van der Waals surface area (Å²) in [4.78, 5) is 12.7. The molecule has 1 aliphatic carbocycles. The van der Waals surface area contributed by atoms with Crippen LogP contribution < -0.4 is 11.1 Å². The molecule has 0 bridgehead atoms. The Morgan fingerprint density at radius 1 is 1.30 bits per heavy atom. The molecule has 1 atom stereocenters. The van der Waals surface area contributed by atoms with Gasteiger partial charge in [0.1, 0.15) is 29.6 Å². The number of nitrogens with one attached hydrogen (secondary N) is 1. The zero-order chi connectivity index (χ0) is 16.0. The summed E-state index contributed by atoms with van der Waals surface area (Å²) in [6.07, 6.45) is 3.68. The lowest BCUT2D eigenvalue weighted by molar-refractivity contribution is 0.629. The number of fused-ring (bicyclic) bond motifs is 1. The third-order valence-electron chi connectivity index (χ3n) is 4.03. The number of nitrogen functional groups attached to an aromatic ring is 1. The number of rotatable bonds is 4. The predicted molar refractivity (Wildman–Crippen MR) is 86.4 cm³/mol. The van der Waals surface area contributed by atoms with Gasteiger partial charge in [0.15, 0.2) is 0 Å². The molecule has 23 heavy (non-hydrogen) atoms. The molecule has 1 fully saturated rings. The van der Waals surface area contributed by atoms with Gasteiger partial charge in [0, 0.05) is 18.2 Å². The van der Waals surface area contributed by atoms with Crippen LogP contribution in [0.15, 0.2) is 30.6 Å². The quantitative estimate of drug-likeness (QED) is 0.774. The highest BCUT2D eigenvalue weighted by Gasteiger charge is 2.30. The number of hydrogen-bond donors (Lipinski definition) is 2. The average Bonchev–Trinajstić information content (AvgIpc) is 3.27. The van der Waals surface area contributed by atoms with Crippen LogP contribution in [0.5, 0.6) is 0 Å². The molecule has 0 radical (unpaired) electrons. The molecule has 0 saturated heterocycles. The number of aromatic nitrogens is 4. The molecule has 0 aliphatic heterocycles. The van der Waals surface area contributed by atoms with E-state index in [4.69, 9.17) is 5.73 Å². The molecule has 2 heterocycles. The second-order valence-corrected chi connectivity index (χ2v) is 5.90. The van der Waals surface area contributed by atoms with Gasteiger partial charge in [-0.3, -0.25) is 0 Å². The predicted octanol–water partition coefficient (Wildman–Crippen LogP) is 3.06. The van der Waals surface area contributed by atoms with Crippen molar-refractivity contribution in [2.45, 2.75) is 31.8 Å². The summed E-state index contributed by atoms with van der Waals surface area (Å²) in [7, 11) is 0. The highest BCUT2D eigenvalue weighted by atomic mass is 19.1. The fraction of sp³-hybridized carbons (Fsp3) is 0.312. The first kappa shape index (κ1) is 13.9. The third kappa shape index (κ3) is 2.58. The zero-order valence-electron chi connectivity index (χ0n) is 12.7. The molecule has 4 rings (SSSR count). The van der Waals surface area contributed by atoms with Crippen molar-refractivity contribution in [3.05, 3.63) is 42.2 Å². The van der Waals surface area contributed by atoms with Crippen molar-refractivity contribution < 1.29 is 4.39 Å². The Labute approximate surface area is 132 Å². The number of hydrogen-bond acceptors (Lipinski definition) is 5. The Hall–Kier alpha value is -2.70. The van der Waals surface area contributed by atoms with Crippen LogP contribution in [0.2, 0.25) is 0 Å². The van der Waals surface area contributed by atoms with Gasteiger partial charge < -0.3 is 15.6 Å². The van der Waals surface area contributed by atoms with E-state index < -0.39 is 0 Å². The summed E-state index contributed by atoms with van der Waals surface area (Å²) in [5, 5.41) is 3.29. The second-order valence-electron chi connectivity index (χ2n) is 5.90. The van der Waals surface area contributed by atoms with E-state index >= 15 is 0 Å². The van der Waals surface area contributed by atoms with Crippen molar-refractivity contribution in [3.8, 4) is 0 Å². The van der Waals surface area contributed by atoms with Gasteiger partial charge >= 0.3 is 0 Å². The van der Waals surface area contributed by atoms with Gasteiger partial charge in [-0.25, -0.2) is 19.3 Å². The van der Waals surface area contributed by atoms with Gasteiger partial charge in [0.05, 0.1) is 17.1 Å². The molecule has 7 heteroatoms. The minimum Gasteiger partial charge on any atom is -0.384 e. The summed E-state index contributed by atoms with van der Waals surface area (Å²) in [6, 6.07) is 6.80. The topological polar surface area (TPSA) is 81.7 Å². The number of nitrogens with two attached hydrogens (primary N) is 1. The second kappa shape index (κ2) is 5.19. The normalized spacial score (nSPS) is 15.7. The lowest BCUT2D eigenvalue weighted by atomic mass is 10.3. The van der Waals surface area contributed by atoms with Crippen LogP contribution in [0.3, 0.4) is 0 Å². The average molecular weight is 312 g/mol. The first-order valence-electron chi connectivity index (χ1n) is 7.63. The number of anilines is 2. The Morgan fingerprint density at radius 2 is 2.13 bits per heavy atom. The Bertz CT molecular complexity index is 870. The van der Waals surface area contributed by atoms with Crippen LogP contribution in [0.25, 0.3) is 11.0 Å². The van der Waals surface area contributed by atoms with E-state index in [1.807, 2.05) is 6.92 Å². The van der Waals surface area contributed by atoms with Gasteiger partial charge in [0.25, 0.3) is 0 Å². The van der Waals surface area contributed by atoms with Crippen molar-refractivity contribution in [2.24, 2.45) is 0 Å². The van der Waals surface area contributed by atoms with E-state index in [1.165, 1.54) is 18.5 Å². The standard InChI is InChI=1S/C16H17FN6/c1-9(21-15-7-14(18)19-8-20-15)16-22-12-6-10(17)2-5-13(12)23(16)11-3-4-11/h2,5-9,11H,3-4H2,1H3,(H3,18,19,20,21)/t9-/m0/s1. The molecule has 3 aromatic rings. The van der Waals surface area contributed by atoms with E-state index in [0.29, 0.717) is 23.2 Å². The fourth-order valence-electron chi connectivity index (χ4n) is 2.85. The van der Waals surface area contributed by atoms with Gasteiger partial charge in [-0.2, -0.15) is 0 Å². The SMILES string of the molecule is C[C@H](Nc1cc(N)ncn1)c1nc2cc(F)ccc2n1C1CC1. The lowest BCUT2D eigenvalue weighted by Gasteiger charge is -2.16. The van der Waals surface area contributed by atoms with Crippen molar-refractivity contribution in [2.75, 3.05) is 11.1 Å². The van der Waals surface area contributed by atoms with Gasteiger partial charge in [-0.15, -0.1) is 0 Å². The van der Waals surface area contributed by atoms with Crippen LogP contribution in [0.1, 0.15) is 37.7 Å². The zero-order valence-corrected chi connectivity index (χ0v) is 12.7. The minimum absolute atomic E-state index is 0.0830. The molecule has 3 N–H and O–H groups in total. The molecular formula is C16H17FN6. The number of nitrogens with zero attached hydrogens (tertiary/aromatic N) is 4. The maximum atomic E-state index is 13.5. The molecular weight excluding hydrogens is 295 g/mol. The molecule has 1 aliphatic rings. The molecule has 2 aromatic heterocycles. The maximum absolute atomic E-state index is 13.5. The van der Waals surface area contributed by atoms with Crippen molar-refractivity contribution in [1.82, 2.24) is 19.5 Å². The van der Waals surface area contributed by atoms with Crippen molar-refractivity contribution in [1.29, 1.82) is 0 Å². The van der Waals surface area contributed by atoms with Crippen LogP contribution in [-0.2, 0) is 0 Å². The van der Waals surface area contributed by atoms with Crippen LogP contribution in [-0.4, -0.2) is 19.5 Å². The number of imidazole rings is 1. The fourth-order valence-corrected chi connectivity index (χ4v) is 2.85. The van der Waals surface area contributed by atoms with Crippen LogP contribution in [0, 0.1) is 5.82 Å². The van der Waals surface area contributed by atoms with E-state index in [-0.39, 0.29) is 11.9 Å². The summed E-state index contributed by atoms with van der Waals surface area (Å²) in [5.41, 5.74) is 7.34. The highest BCUT2D eigenvalue weighted by Crippen LogP contribution is 2.40. The largest absolute Gasteiger partial charge is 0.384 e. The first-order chi connectivity index (χ1) is 11.1. The van der Waals surface area contributed by atoms with Crippen molar-refractivity contribution >= 4 is 22.7 Å². The summed E-state index contributed by atoms with van der Waals surface area (Å²) >= 11 is 0. The maximum Gasteiger partial charge on any atom is 0.132 e. The molecule has 6 nitrogen and oxygen atoms in total. The lowest BCUT2D eigenvalue weighted by Crippen LogP contribution is -2.14. The molecule has 1 aromatic carbocycles. The van der Waals surface area contributed by atoms with Crippen LogP contribution >= 0.6 is 0 Å². The molecule has 0 spiro atoms. The Morgan fingerprint density at radius 3 is 2.87 bits per heavy atom. The summed E-state index contributed by atoms with van der Waals surface area (Å²) in [6.45, 7) is 2.01. The van der Waals surface area contributed by atoms with E-state index in [2.05, 4.69) is 24.8 Å². The van der Waals surface area contributed by atoms with E-state index in [1.54, 1.807) is 12.1 Å². The monoisotopic (exact) mass is 312 g/mol. The molecule has 0 amide bonds. The molecule has 1 saturated carbocycles. The van der Waals surface area contributed by atoms with Gasteiger partial charge in [-0.1, -0.05) is 0 Å². The number of benzene rings is 1. The molecule has 118 valence electrons. The Balaban J connectivity index is 1.73. The Kier molecular flexibility index (Phi) is 3.14. The minimum atomic E-state index is -0.270. The smallest absolute Gasteiger partial charge is 0.132 e. The summed E-state index contributed by atoms with van der Waals surface area (Å²) < 4.78 is 15.7. The van der Waals surface area contributed by atoms with Crippen molar-refractivity contribution in [3.63, 3.8) is 0 Å². The van der Waals surface area contributed by atoms with Crippen LogP contribution in [0.4, 0.5) is 16.0 Å². The molecule has 0 unspecified atom stereocenters. The van der Waals surface area contributed by atoms with Gasteiger partial charge in [-0.05, 0) is 31.9 Å². The van der Waals surface area contributed by atoms with E-state index in [0.717, 1.165) is 24.2 Å². The highest BCUT2D eigenvalue weighted by molar-refractivity contribution is 5.76. The number of halogens is 1. The first-order valence-corrected chi connectivity index (χ1v) is 7.63.